The highest BCUT2D eigenvalue weighted by atomic mass is 16.5. The molecule has 0 saturated carbocycles. The van der Waals surface area contributed by atoms with Crippen molar-refractivity contribution >= 4 is 11.7 Å². The van der Waals surface area contributed by atoms with E-state index in [-0.39, 0.29) is 0 Å². The molecule has 0 aliphatic carbocycles. The maximum Gasteiger partial charge on any atom is 0.310 e. The zero-order valence-corrected chi connectivity index (χ0v) is 8.15. The van der Waals surface area contributed by atoms with Crippen molar-refractivity contribution < 1.29 is 14.6 Å². The summed E-state index contributed by atoms with van der Waals surface area (Å²) in [5.41, 5.74) is 6.71. The predicted molar refractivity (Wildman–Crippen MR) is 53.5 cm³/mol. The van der Waals surface area contributed by atoms with Crippen LogP contribution in [0.1, 0.15) is 18.4 Å². The minimum absolute atomic E-state index is 0.447. The quantitative estimate of drug-likeness (QED) is 0.716. The van der Waals surface area contributed by atoms with Gasteiger partial charge in [0.25, 0.3) is 0 Å². The number of nitrogen functional groups attached to an aromatic ring is 1. The highest BCUT2D eigenvalue weighted by Crippen LogP contribution is 2.31. The monoisotopic (exact) mass is 195 g/mol. The molecule has 0 aliphatic heterocycles. The molecule has 0 fully saturated rings. The van der Waals surface area contributed by atoms with Gasteiger partial charge in [-0.3, -0.25) is 4.79 Å². The summed E-state index contributed by atoms with van der Waals surface area (Å²) in [6, 6.07) is 5.09. The van der Waals surface area contributed by atoms with Gasteiger partial charge in [0.15, 0.2) is 0 Å². The van der Waals surface area contributed by atoms with Crippen LogP contribution in [0.3, 0.4) is 0 Å². The predicted octanol–water partition coefficient (Wildman–Crippen LogP) is 1.47. The highest BCUT2D eigenvalue weighted by Gasteiger charge is 2.19. The summed E-state index contributed by atoms with van der Waals surface area (Å²) in [6.07, 6.45) is 0. The number of carbonyl (C=O) groups is 1. The summed E-state index contributed by atoms with van der Waals surface area (Å²) in [6.45, 7) is 1.60. The Kier molecular flexibility index (Phi) is 2.96. The van der Waals surface area contributed by atoms with Crippen molar-refractivity contribution in [3.63, 3.8) is 0 Å². The number of hydrogen-bond acceptors (Lipinski definition) is 3. The minimum atomic E-state index is -0.895. The van der Waals surface area contributed by atoms with E-state index in [2.05, 4.69) is 0 Å². The molecule has 14 heavy (non-hydrogen) atoms. The van der Waals surface area contributed by atoms with Crippen LogP contribution in [0.2, 0.25) is 0 Å². The van der Waals surface area contributed by atoms with Gasteiger partial charge in [0.2, 0.25) is 0 Å². The van der Waals surface area contributed by atoms with Gasteiger partial charge in [-0.05, 0) is 13.0 Å². The second-order valence-electron chi connectivity index (χ2n) is 3.03. The minimum Gasteiger partial charge on any atom is -0.494 e. The number of carboxylic acids is 1. The molecule has 0 amide bonds. The fraction of sp³-hybridized carbons (Fsp3) is 0.300. The highest BCUT2D eigenvalue weighted by molar-refractivity contribution is 5.78. The summed E-state index contributed by atoms with van der Waals surface area (Å²) in [4.78, 5) is 10.8. The Morgan fingerprint density at radius 1 is 1.57 bits per heavy atom. The lowest BCUT2D eigenvalue weighted by Gasteiger charge is -2.13. The summed E-state index contributed by atoms with van der Waals surface area (Å²) in [7, 11) is 1.48. The van der Waals surface area contributed by atoms with E-state index in [1.165, 1.54) is 7.11 Å². The Hall–Kier alpha value is -1.71. The summed E-state index contributed by atoms with van der Waals surface area (Å²) in [5, 5.41) is 8.85. The van der Waals surface area contributed by atoms with Gasteiger partial charge in [0.1, 0.15) is 5.75 Å². The van der Waals surface area contributed by atoms with Crippen LogP contribution in [0.25, 0.3) is 0 Å². The second-order valence-corrected chi connectivity index (χ2v) is 3.03. The molecular formula is C10H13NO3. The third-order valence-corrected chi connectivity index (χ3v) is 2.12. The van der Waals surface area contributed by atoms with Crippen molar-refractivity contribution in [2.75, 3.05) is 12.8 Å². The standard InChI is InChI=1S/C10H13NO3/c1-6(10(12)13)7-4-3-5-8(11)9(7)14-2/h3-6H,11H2,1-2H3,(H,12,13). The van der Waals surface area contributed by atoms with Crippen molar-refractivity contribution in [1.82, 2.24) is 0 Å². The fourth-order valence-corrected chi connectivity index (χ4v) is 1.28. The molecule has 0 bridgehead atoms. The molecule has 0 aliphatic rings. The third kappa shape index (κ3) is 1.79. The topological polar surface area (TPSA) is 72.5 Å². The molecule has 0 saturated heterocycles. The molecule has 4 nitrogen and oxygen atoms in total. The molecule has 1 rings (SSSR count). The van der Waals surface area contributed by atoms with Crippen molar-refractivity contribution in [1.29, 1.82) is 0 Å². The summed E-state index contributed by atoms with van der Waals surface area (Å²) >= 11 is 0. The van der Waals surface area contributed by atoms with Gasteiger partial charge in [-0.25, -0.2) is 0 Å². The van der Waals surface area contributed by atoms with Crippen LogP contribution in [0.15, 0.2) is 18.2 Å². The van der Waals surface area contributed by atoms with E-state index >= 15 is 0 Å². The van der Waals surface area contributed by atoms with E-state index in [9.17, 15) is 4.79 Å². The summed E-state index contributed by atoms with van der Waals surface area (Å²) < 4.78 is 5.06. The smallest absolute Gasteiger partial charge is 0.310 e. The van der Waals surface area contributed by atoms with Crippen molar-refractivity contribution in [3.05, 3.63) is 23.8 Å². The van der Waals surface area contributed by atoms with Crippen LogP contribution in [0, 0.1) is 0 Å². The van der Waals surface area contributed by atoms with Crippen molar-refractivity contribution in [3.8, 4) is 5.75 Å². The Morgan fingerprint density at radius 3 is 2.71 bits per heavy atom. The number of anilines is 1. The average molecular weight is 195 g/mol. The molecule has 0 radical (unpaired) electrons. The number of hydrogen-bond donors (Lipinski definition) is 2. The first-order valence-corrected chi connectivity index (χ1v) is 4.23. The molecule has 3 N–H and O–H groups in total. The normalized spacial score (nSPS) is 12.1. The number of ether oxygens (including phenoxy) is 1. The largest absolute Gasteiger partial charge is 0.494 e. The van der Waals surface area contributed by atoms with Gasteiger partial charge in [0, 0.05) is 5.56 Å². The van der Waals surface area contributed by atoms with E-state index in [4.69, 9.17) is 15.6 Å². The van der Waals surface area contributed by atoms with Crippen LogP contribution in [-0.2, 0) is 4.79 Å². The SMILES string of the molecule is COc1c(N)cccc1C(C)C(=O)O. The number of nitrogens with two attached hydrogens (primary N) is 1. The Morgan fingerprint density at radius 2 is 2.21 bits per heavy atom. The van der Waals surface area contributed by atoms with Gasteiger partial charge in [0.05, 0.1) is 18.7 Å². The molecule has 76 valence electrons. The van der Waals surface area contributed by atoms with E-state index < -0.39 is 11.9 Å². The lowest BCUT2D eigenvalue weighted by Crippen LogP contribution is -2.09. The van der Waals surface area contributed by atoms with E-state index in [0.717, 1.165) is 0 Å². The van der Waals surface area contributed by atoms with E-state index in [1.807, 2.05) is 0 Å². The molecular weight excluding hydrogens is 182 g/mol. The number of carboxylic acid groups (broad SMARTS) is 1. The first kappa shape index (κ1) is 10.4. The maximum atomic E-state index is 10.8. The number of methoxy groups -OCH3 is 1. The second kappa shape index (κ2) is 4.00. The van der Waals surface area contributed by atoms with Crippen LogP contribution in [-0.4, -0.2) is 18.2 Å². The molecule has 0 heterocycles. The molecule has 1 aromatic rings. The van der Waals surface area contributed by atoms with Crippen LogP contribution < -0.4 is 10.5 Å². The van der Waals surface area contributed by atoms with Crippen molar-refractivity contribution in [2.45, 2.75) is 12.8 Å². The van der Waals surface area contributed by atoms with Crippen LogP contribution >= 0.6 is 0 Å². The van der Waals surface area contributed by atoms with E-state index in [1.54, 1.807) is 25.1 Å². The third-order valence-electron chi connectivity index (χ3n) is 2.12. The molecule has 4 heteroatoms. The van der Waals surface area contributed by atoms with Gasteiger partial charge >= 0.3 is 5.97 Å². The van der Waals surface area contributed by atoms with Crippen LogP contribution in [0.4, 0.5) is 5.69 Å². The Labute approximate surface area is 82.3 Å². The molecule has 0 spiro atoms. The zero-order chi connectivity index (χ0) is 10.7. The number of benzene rings is 1. The van der Waals surface area contributed by atoms with Gasteiger partial charge in [-0.15, -0.1) is 0 Å². The van der Waals surface area contributed by atoms with Gasteiger partial charge in [-0.2, -0.15) is 0 Å². The maximum absolute atomic E-state index is 10.8. The Bertz CT molecular complexity index is 349. The molecule has 1 aromatic carbocycles. The van der Waals surface area contributed by atoms with Gasteiger partial charge < -0.3 is 15.6 Å². The summed E-state index contributed by atoms with van der Waals surface area (Å²) in [5.74, 6) is -1.07. The van der Waals surface area contributed by atoms with Crippen molar-refractivity contribution in [2.24, 2.45) is 0 Å². The Balaban J connectivity index is 3.20. The van der Waals surface area contributed by atoms with E-state index in [0.29, 0.717) is 17.0 Å². The fourth-order valence-electron chi connectivity index (χ4n) is 1.28. The lowest BCUT2D eigenvalue weighted by molar-refractivity contribution is -0.138. The zero-order valence-electron chi connectivity index (χ0n) is 8.15. The van der Waals surface area contributed by atoms with Crippen LogP contribution in [0.5, 0.6) is 5.75 Å². The molecule has 0 aromatic heterocycles. The first-order chi connectivity index (χ1) is 6.57. The molecule has 1 atom stereocenters. The number of rotatable bonds is 3. The van der Waals surface area contributed by atoms with Gasteiger partial charge in [-0.1, -0.05) is 12.1 Å². The average Bonchev–Trinajstić information content (AvgIpc) is 2.16. The molecule has 1 unspecified atom stereocenters. The lowest BCUT2D eigenvalue weighted by atomic mass is 9.99. The number of aliphatic carboxylic acids is 1. The first-order valence-electron chi connectivity index (χ1n) is 4.23. The number of para-hydroxylation sites is 1.